The van der Waals surface area contributed by atoms with Gasteiger partial charge in [0.15, 0.2) is 0 Å². The molecule has 0 unspecified atom stereocenters. The first-order valence-electron chi connectivity index (χ1n) is 8.66. The lowest BCUT2D eigenvalue weighted by Crippen LogP contribution is -2.59. The molecule has 0 saturated heterocycles. The maximum atomic E-state index is 13.0. The highest BCUT2D eigenvalue weighted by Gasteiger charge is 2.51. The summed E-state index contributed by atoms with van der Waals surface area (Å²) >= 11 is 0. The molecule has 4 bridgehead atoms. The van der Waals surface area contributed by atoms with Crippen molar-refractivity contribution in [2.24, 2.45) is 17.8 Å². The molecule has 0 spiro atoms. The van der Waals surface area contributed by atoms with Crippen molar-refractivity contribution in [2.75, 3.05) is 14.2 Å². The second-order valence-electron chi connectivity index (χ2n) is 7.69. The summed E-state index contributed by atoms with van der Waals surface area (Å²) in [6, 6.07) is 5.48. The molecule has 0 aliphatic heterocycles. The third-order valence-corrected chi connectivity index (χ3v) is 6.07. The van der Waals surface area contributed by atoms with E-state index in [-0.39, 0.29) is 11.4 Å². The molecule has 1 N–H and O–H groups in total. The summed E-state index contributed by atoms with van der Waals surface area (Å²) in [5.74, 6) is 3.52. The number of methoxy groups -OCH3 is 2. The molecular formula is C19H25NO3. The molecule has 5 rings (SSSR count). The fourth-order valence-electron chi connectivity index (χ4n) is 5.64. The Morgan fingerprint density at radius 2 is 1.48 bits per heavy atom. The summed E-state index contributed by atoms with van der Waals surface area (Å²) in [4.78, 5) is 13.0. The molecule has 0 radical (unpaired) electrons. The van der Waals surface area contributed by atoms with Gasteiger partial charge in [0.25, 0.3) is 5.91 Å². The van der Waals surface area contributed by atoms with Gasteiger partial charge >= 0.3 is 0 Å². The lowest BCUT2D eigenvalue weighted by atomic mass is 9.53. The second-order valence-corrected chi connectivity index (χ2v) is 7.69. The minimum atomic E-state index is -0.0544. The van der Waals surface area contributed by atoms with E-state index in [2.05, 4.69) is 5.32 Å². The van der Waals surface area contributed by atoms with Crippen molar-refractivity contribution in [2.45, 2.75) is 44.1 Å². The zero-order valence-electron chi connectivity index (χ0n) is 13.9. The normalized spacial score (nSPS) is 34.3. The van der Waals surface area contributed by atoms with Crippen molar-refractivity contribution in [3.05, 3.63) is 23.8 Å². The third kappa shape index (κ3) is 2.48. The van der Waals surface area contributed by atoms with E-state index in [9.17, 15) is 4.79 Å². The molecule has 1 aromatic rings. The number of hydrogen-bond donors (Lipinski definition) is 1. The fourth-order valence-corrected chi connectivity index (χ4v) is 5.64. The van der Waals surface area contributed by atoms with E-state index >= 15 is 0 Å². The number of carbonyl (C=O) groups excluding carboxylic acids is 1. The Morgan fingerprint density at radius 1 is 1.00 bits per heavy atom. The van der Waals surface area contributed by atoms with E-state index in [4.69, 9.17) is 9.47 Å². The Balaban J connectivity index is 1.61. The van der Waals surface area contributed by atoms with Crippen molar-refractivity contribution in [3.8, 4) is 11.5 Å². The molecule has 0 atom stereocenters. The highest BCUT2D eigenvalue weighted by Crippen LogP contribution is 2.55. The molecule has 4 aliphatic rings. The minimum Gasteiger partial charge on any atom is -0.496 e. The first-order valence-corrected chi connectivity index (χ1v) is 8.66. The highest BCUT2D eigenvalue weighted by atomic mass is 16.5. The number of hydrogen-bond acceptors (Lipinski definition) is 3. The van der Waals surface area contributed by atoms with E-state index in [1.165, 1.54) is 19.3 Å². The summed E-state index contributed by atoms with van der Waals surface area (Å²) in [7, 11) is 3.19. The van der Waals surface area contributed by atoms with Crippen LogP contribution in [0, 0.1) is 17.8 Å². The standard InChI is InChI=1S/C19H25NO3/c1-22-15-4-3-5-16(23-2)17(15)18(21)20-19-9-12-6-13(10-19)8-14(7-12)11-19/h3-5,12-14H,6-11H2,1-2H3,(H,20,21). The number of nitrogens with one attached hydrogen (secondary N) is 1. The lowest BCUT2D eigenvalue weighted by molar-refractivity contribution is -0.0167. The lowest BCUT2D eigenvalue weighted by Gasteiger charge is -2.56. The Morgan fingerprint density at radius 3 is 1.91 bits per heavy atom. The Labute approximate surface area is 137 Å². The number of ether oxygens (including phenoxy) is 2. The van der Waals surface area contributed by atoms with E-state index < -0.39 is 0 Å². The van der Waals surface area contributed by atoms with Crippen LogP contribution in [0.4, 0.5) is 0 Å². The molecule has 4 fully saturated rings. The van der Waals surface area contributed by atoms with Gasteiger partial charge in [-0.3, -0.25) is 4.79 Å². The Bertz CT molecular complexity index is 568. The zero-order valence-corrected chi connectivity index (χ0v) is 13.9. The number of benzene rings is 1. The van der Waals surface area contributed by atoms with Gasteiger partial charge in [-0.25, -0.2) is 0 Å². The monoisotopic (exact) mass is 315 g/mol. The largest absolute Gasteiger partial charge is 0.496 e. The molecule has 23 heavy (non-hydrogen) atoms. The topological polar surface area (TPSA) is 47.6 Å². The third-order valence-electron chi connectivity index (χ3n) is 6.07. The van der Waals surface area contributed by atoms with Crippen molar-refractivity contribution in [1.82, 2.24) is 5.32 Å². The van der Waals surface area contributed by atoms with Gasteiger partial charge in [0, 0.05) is 5.54 Å². The van der Waals surface area contributed by atoms with Gasteiger partial charge in [-0.1, -0.05) is 6.07 Å². The van der Waals surface area contributed by atoms with Crippen LogP contribution in [0.15, 0.2) is 18.2 Å². The average molecular weight is 315 g/mol. The summed E-state index contributed by atoms with van der Waals surface area (Å²) in [6.07, 6.45) is 7.53. The molecule has 4 nitrogen and oxygen atoms in total. The van der Waals surface area contributed by atoms with Gasteiger partial charge in [-0.2, -0.15) is 0 Å². The minimum absolute atomic E-state index is 0.00228. The van der Waals surface area contributed by atoms with Crippen LogP contribution >= 0.6 is 0 Å². The zero-order chi connectivity index (χ0) is 16.0. The average Bonchev–Trinajstić information content (AvgIpc) is 2.52. The quantitative estimate of drug-likeness (QED) is 0.926. The van der Waals surface area contributed by atoms with E-state index in [0.29, 0.717) is 17.1 Å². The van der Waals surface area contributed by atoms with Crippen molar-refractivity contribution in [1.29, 1.82) is 0 Å². The second kappa shape index (κ2) is 5.43. The van der Waals surface area contributed by atoms with E-state index in [1.54, 1.807) is 14.2 Å². The van der Waals surface area contributed by atoms with Crippen LogP contribution in [-0.2, 0) is 0 Å². The van der Waals surface area contributed by atoms with Crippen LogP contribution in [0.3, 0.4) is 0 Å². The highest BCUT2D eigenvalue weighted by molar-refractivity contribution is 6.00. The van der Waals surface area contributed by atoms with Crippen LogP contribution in [0.2, 0.25) is 0 Å². The van der Waals surface area contributed by atoms with Gasteiger partial charge in [0.1, 0.15) is 17.1 Å². The van der Waals surface area contributed by atoms with Crippen molar-refractivity contribution >= 4 is 5.91 Å². The van der Waals surface area contributed by atoms with E-state index in [1.807, 2.05) is 18.2 Å². The predicted molar refractivity (Wildman–Crippen MR) is 87.9 cm³/mol. The number of rotatable bonds is 4. The summed E-state index contributed by atoms with van der Waals surface area (Å²) < 4.78 is 10.8. The Kier molecular flexibility index (Phi) is 3.51. The summed E-state index contributed by atoms with van der Waals surface area (Å²) in [5, 5.41) is 3.39. The van der Waals surface area contributed by atoms with Crippen LogP contribution in [0.5, 0.6) is 11.5 Å². The number of amides is 1. The SMILES string of the molecule is COc1cccc(OC)c1C(=O)NC12CC3CC(CC(C3)C1)C2. The molecule has 4 saturated carbocycles. The predicted octanol–water partition coefficient (Wildman–Crippen LogP) is 3.40. The summed E-state index contributed by atoms with van der Waals surface area (Å²) in [5.41, 5.74) is 0.519. The van der Waals surface area contributed by atoms with Gasteiger partial charge in [-0.15, -0.1) is 0 Å². The van der Waals surface area contributed by atoms with Gasteiger partial charge in [0.2, 0.25) is 0 Å². The van der Waals surface area contributed by atoms with Crippen molar-refractivity contribution < 1.29 is 14.3 Å². The van der Waals surface area contributed by atoms with Crippen LogP contribution < -0.4 is 14.8 Å². The molecule has 124 valence electrons. The van der Waals surface area contributed by atoms with Gasteiger partial charge in [0.05, 0.1) is 14.2 Å². The smallest absolute Gasteiger partial charge is 0.259 e. The molecular weight excluding hydrogens is 290 g/mol. The first-order chi connectivity index (χ1) is 11.1. The molecule has 4 aliphatic carbocycles. The fraction of sp³-hybridized carbons (Fsp3) is 0.632. The Hall–Kier alpha value is -1.71. The molecule has 0 heterocycles. The maximum Gasteiger partial charge on any atom is 0.259 e. The van der Waals surface area contributed by atoms with Crippen LogP contribution in [0.25, 0.3) is 0 Å². The van der Waals surface area contributed by atoms with E-state index in [0.717, 1.165) is 37.0 Å². The maximum absolute atomic E-state index is 13.0. The van der Waals surface area contributed by atoms with Gasteiger partial charge in [-0.05, 0) is 68.4 Å². The summed E-state index contributed by atoms with van der Waals surface area (Å²) in [6.45, 7) is 0. The molecule has 1 aromatic carbocycles. The molecule has 0 aromatic heterocycles. The van der Waals surface area contributed by atoms with Gasteiger partial charge < -0.3 is 14.8 Å². The first kappa shape index (κ1) is 14.9. The number of carbonyl (C=O) groups is 1. The van der Waals surface area contributed by atoms with Crippen LogP contribution in [0.1, 0.15) is 48.9 Å². The van der Waals surface area contributed by atoms with Crippen LogP contribution in [-0.4, -0.2) is 25.7 Å². The molecule has 4 heteroatoms. The van der Waals surface area contributed by atoms with Crippen molar-refractivity contribution in [3.63, 3.8) is 0 Å². The molecule has 1 amide bonds.